The molecule has 154 valence electrons. The number of carbonyl (C=O) groups is 2. The lowest BCUT2D eigenvalue weighted by atomic mass is 10.1. The third kappa shape index (κ3) is 8.34. The molecule has 0 fully saturated rings. The Morgan fingerprint density at radius 1 is 1.07 bits per heavy atom. The largest absolute Gasteiger partial charge is 0.494 e. The number of amidine groups is 1. The van der Waals surface area contributed by atoms with Gasteiger partial charge < -0.3 is 25.6 Å². The molecule has 0 bridgehead atoms. The van der Waals surface area contributed by atoms with Crippen molar-refractivity contribution in [3.05, 3.63) is 65.7 Å². The van der Waals surface area contributed by atoms with E-state index in [9.17, 15) is 14.7 Å². The van der Waals surface area contributed by atoms with Crippen LogP contribution in [0.25, 0.3) is 0 Å². The molecule has 1 unspecified atom stereocenters. The van der Waals surface area contributed by atoms with Crippen LogP contribution in [0.15, 0.2) is 54.6 Å². The molecular weight excluding hydrogens is 374 g/mol. The Kier molecular flexibility index (Phi) is 8.50. The Morgan fingerprint density at radius 3 is 2.38 bits per heavy atom. The topological polar surface area (TPSA) is 135 Å². The standard InChI is InChI=1S/C21H25N3O5/c22-19(23)7-4-12-28-17-10-8-15(9-11-17)13-18(20(25)26)24-21(27)29-14-16-5-2-1-3-6-16/h1-3,5-6,8-11,18H,4,7,12-14H2,(H3,22,23)(H,24,27)(H,25,26). The van der Waals surface area contributed by atoms with Gasteiger partial charge in [0.2, 0.25) is 0 Å². The number of hydrogen-bond donors (Lipinski definition) is 4. The average Bonchev–Trinajstić information content (AvgIpc) is 2.71. The first-order valence-corrected chi connectivity index (χ1v) is 9.18. The number of alkyl carbamates (subject to hydrolysis) is 1. The molecule has 1 atom stereocenters. The summed E-state index contributed by atoms with van der Waals surface area (Å²) in [5, 5.41) is 18.9. The van der Waals surface area contributed by atoms with Crippen molar-refractivity contribution < 1.29 is 24.2 Å². The summed E-state index contributed by atoms with van der Waals surface area (Å²) in [6, 6.07) is 15.0. The zero-order valence-electron chi connectivity index (χ0n) is 16.0. The number of carbonyl (C=O) groups excluding carboxylic acids is 1. The molecule has 2 aromatic carbocycles. The minimum absolute atomic E-state index is 0.0642. The number of amides is 1. The van der Waals surface area contributed by atoms with Gasteiger partial charge in [0.05, 0.1) is 12.4 Å². The van der Waals surface area contributed by atoms with E-state index < -0.39 is 18.1 Å². The van der Waals surface area contributed by atoms with Crippen LogP contribution < -0.4 is 15.8 Å². The molecule has 0 radical (unpaired) electrons. The van der Waals surface area contributed by atoms with Gasteiger partial charge in [0.1, 0.15) is 18.4 Å². The average molecular weight is 399 g/mol. The third-order valence-corrected chi connectivity index (χ3v) is 4.03. The maximum Gasteiger partial charge on any atom is 0.408 e. The quantitative estimate of drug-likeness (QED) is 0.261. The van der Waals surface area contributed by atoms with Crippen LogP contribution in [0.5, 0.6) is 5.75 Å². The molecule has 0 aliphatic carbocycles. The van der Waals surface area contributed by atoms with E-state index >= 15 is 0 Å². The lowest BCUT2D eigenvalue weighted by molar-refractivity contribution is -0.139. The Morgan fingerprint density at radius 2 is 1.76 bits per heavy atom. The van der Waals surface area contributed by atoms with Gasteiger partial charge in [-0.1, -0.05) is 42.5 Å². The highest BCUT2D eigenvalue weighted by atomic mass is 16.5. The van der Waals surface area contributed by atoms with Crippen molar-refractivity contribution in [3.63, 3.8) is 0 Å². The number of nitrogens with two attached hydrogens (primary N) is 1. The molecule has 1 amide bonds. The molecular formula is C21H25N3O5. The number of carboxylic acids is 1. The van der Waals surface area contributed by atoms with Gasteiger partial charge in [-0.2, -0.15) is 0 Å². The Balaban J connectivity index is 1.82. The highest BCUT2D eigenvalue weighted by molar-refractivity contribution is 5.80. The van der Waals surface area contributed by atoms with Gasteiger partial charge in [0, 0.05) is 12.8 Å². The molecule has 0 spiro atoms. The molecule has 8 nitrogen and oxygen atoms in total. The fourth-order valence-electron chi connectivity index (χ4n) is 2.52. The summed E-state index contributed by atoms with van der Waals surface area (Å²) < 4.78 is 10.6. The highest BCUT2D eigenvalue weighted by Crippen LogP contribution is 2.14. The molecule has 0 aliphatic rings. The Labute approximate surface area is 169 Å². The van der Waals surface area contributed by atoms with E-state index in [1.807, 2.05) is 30.3 Å². The van der Waals surface area contributed by atoms with Crippen LogP contribution in [0.1, 0.15) is 24.0 Å². The number of nitrogens with one attached hydrogen (secondary N) is 2. The summed E-state index contributed by atoms with van der Waals surface area (Å²) in [5.74, 6) is -0.385. The smallest absolute Gasteiger partial charge is 0.408 e. The number of rotatable bonds is 11. The summed E-state index contributed by atoms with van der Waals surface area (Å²) in [4.78, 5) is 23.4. The number of aliphatic carboxylic acids is 1. The maximum absolute atomic E-state index is 11.9. The van der Waals surface area contributed by atoms with Crippen molar-refractivity contribution in [1.82, 2.24) is 5.32 Å². The minimum Gasteiger partial charge on any atom is -0.494 e. The SMILES string of the molecule is N=C(N)CCCOc1ccc(CC(NC(=O)OCc2ccccc2)C(=O)O)cc1. The number of carboxylic acid groups (broad SMARTS) is 1. The van der Waals surface area contributed by atoms with Crippen molar-refractivity contribution in [3.8, 4) is 5.75 Å². The van der Waals surface area contributed by atoms with Crippen LogP contribution in [0, 0.1) is 5.41 Å². The molecule has 0 heterocycles. The van der Waals surface area contributed by atoms with Crippen molar-refractivity contribution in [2.75, 3.05) is 6.61 Å². The molecule has 29 heavy (non-hydrogen) atoms. The zero-order valence-corrected chi connectivity index (χ0v) is 16.0. The predicted molar refractivity (Wildman–Crippen MR) is 108 cm³/mol. The van der Waals surface area contributed by atoms with Crippen LogP contribution in [-0.2, 0) is 22.6 Å². The van der Waals surface area contributed by atoms with Gasteiger partial charge >= 0.3 is 12.1 Å². The van der Waals surface area contributed by atoms with Crippen molar-refractivity contribution in [1.29, 1.82) is 5.41 Å². The summed E-state index contributed by atoms with van der Waals surface area (Å²) in [6.07, 6.45) is 0.449. The van der Waals surface area contributed by atoms with Gasteiger partial charge in [-0.3, -0.25) is 5.41 Å². The summed E-state index contributed by atoms with van der Waals surface area (Å²) >= 11 is 0. The molecule has 0 aliphatic heterocycles. The number of hydrogen-bond acceptors (Lipinski definition) is 5. The number of ether oxygens (including phenoxy) is 2. The van der Waals surface area contributed by atoms with Crippen LogP contribution in [0.2, 0.25) is 0 Å². The van der Waals surface area contributed by atoms with Crippen LogP contribution in [0.3, 0.4) is 0 Å². The normalized spacial score (nSPS) is 11.3. The van der Waals surface area contributed by atoms with E-state index in [0.717, 1.165) is 11.1 Å². The Bertz CT molecular complexity index is 809. The van der Waals surface area contributed by atoms with Gasteiger partial charge in [-0.25, -0.2) is 9.59 Å². The summed E-state index contributed by atoms with van der Waals surface area (Å²) in [6.45, 7) is 0.500. The molecule has 2 rings (SSSR count). The molecule has 2 aromatic rings. The zero-order chi connectivity index (χ0) is 21.1. The van der Waals surface area contributed by atoms with Gasteiger partial charge in [0.25, 0.3) is 0 Å². The molecule has 0 saturated heterocycles. The third-order valence-electron chi connectivity index (χ3n) is 4.03. The summed E-state index contributed by atoms with van der Waals surface area (Å²) in [5.41, 5.74) is 6.83. The van der Waals surface area contributed by atoms with E-state index in [0.29, 0.717) is 25.2 Å². The first-order valence-electron chi connectivity index (χ1n) is 9.18. The van der Waals surface area contributed by atoms with E-state index in [2.05, 4.69) is 5.32 Å². The lowest BCUT2D eigenvalue weighted by Crippen LogP contribution is -2.42. The highest BCUT2D eigenvalue weighted by Gasteiger charge is 2.21. The van der Waals surface area contributed by atoms with Crippen LogP contribution >= 0.6 is 0 Å². The van der Waals surface area contributed by atoms with E-state index in [-0.39, 0.29) is 18.9 Å². The second-order valence-corrected chi connectivity index (χ2v) is 6.42. The molecule has 0 aromatic heterocycles. The van der Waals surface area contributed by atoms with Crippen LogP contribution in [0.4, 0.5) is 4.79 Å². The monoisotopic (exact) mass is 399 g/mol. The fourth-order valence-corrected chi connectivity index (χ4v) is 2.52. The fraction of sp³-hybridized carbons (Fsp3) is 0.286. The Hall–Kier alpha value is -3.55. The van der Waals surface area contributed by atoms with Gasteiger partial charge in [0.15, 0.2) is 0 Å². The van der Waals surface area contributed by atoms with Gasteiger partial charge in [-0.05, 0) is 29.7 Å². The number of benzene rings is 2. The summed E-state index contributed by atoms with van der Waals surface area (Å²) in [7, 11) is 0. The van der Waals surface area contributed by atoms with Crippen molar-refractivity contribution in [2.24, 2.45) is 5.73 Å². The first kappa shape index (κ1) is 21.7. The van der Waals surface area contributed by atoms with Crippen molar-refractivity contribution in [2.45, 2.75) is 31.9 Å². The van der Waals surface area contributed by atoms with Crippen molar-refractivity contribution >= 4 is 17.9 Å². The molecule has 8 heteroatoms. The van der Waals surface area contributed by atoms with E-state index in [1.54, 1.807) is 24.3 Å². The van der Waals surface area contributed by atoms with E-state index in [1.165, 1.54) is 0 Å². The van der Waals surface area contributed by atoms with Gasteiger partial charge in [-0.15, -0.1) is 0 Å². The second-order valence-electron chi connectivity index (χ2n) is 6.42. The van der Waals surface area contributed by atoms with Crippen LogP contribution in [-0.4, -0.2) is 35.7 Å². The minimum atomic E-state index is -1.15. The molecule has 5 N–H and O–H groups in total. The lowest BCUT2D eigenvalue weighted by Gasteiger charge is -2.15. The maximum atomic E-state index is 11.9. The second kappa shape index (κ2) is 11.3. The predicted octanol–water partition coefficient (Wildman–Crippen LogP) is 2.70. The molecule has 0 saturated carbocycles. The van der Waals surface area contributed by atoms with E-state index in [4.69, 9.17) is 20.6 Å². The first-order chi connectivity index (χ1) is 13.9.